The van der Waals surface area contributed by atoms with E-state index in [1.807, 2.05) is 6.07 Å². The van der Waals surface area contributed by atoms with Crippen LogP contribution in [0.4, 0.5) is 0 Å². The summed E-state index contributed by atoms with van der Waals surface area (Å²) < 4.78 is 5.28. The molecule has 0 spiro atoms. The van der Waals surface area contributed by atoms with Gasteiger partial charge in [0.1, 0.15) is 5.75 Å². The molecule has 0 unspecified atom stereocenters. The fourth-order valence-electron chi connectivity index (χ4n) is 3.21. The summed E-state index contributed by atoms with van der Waals surface area (Å²) in [5.41, 5.74) is 1.32. The van der Waals surface area contributed by atoms with Gasteiger partial charge in [0.25, 0.3) is 0 Å². The Bertz CT molecular complexity index is 442. The summed E-state index contributed by atoms with van der Waals surface area (Å²) in [6.45, 7) is 3.20. The Morgan fingerprint density at radius 3 is 2.57 bits per heavy atom. The Balaban J connectivity index is 1.40. The zero-order chi connectivity index (χ0) is 14.7. The van der Waals surface area contributed by atoms with Gasteiger partial charge in [-0.3, -0.25) is 0 Å². The normalized spacial score (nSPS) is 18.5. The number of ether oxygens (including phenoxy) is 1. The molecule has 2 aliphatic carbocycles. The summed E-state index contributed by atoms with van der Waals surface area (Å²) in [4.78, 5) is 2.39. The van der Waals surface area contributed by atoms with Crippen LogP contribution in [0, 0.1) is 11.8 Å². The van der Waals surface area contributed by atoms with E-state index in [4.69, 9.17) is 4.74 Å². The lowest BCUT2D eigenvalue weighted by Gasteiger charge is -2.21. The van der Waals surface area contributed by atoms with E-state index in [0.717, 1.165) is 43.3 Å². The second kappa shape index (κ2) is 6.80. The third kappa shape index (κ3) is 4.45. The maximum absolute atomic E-state index is 5.28. The average Bonchev–Trinajstić information content (AvgIpc) is 3.37. The number of nitrogens with zero attached hydrogens (tertiary/aromatic N) is 1. The van der Waals surface area contributed by atoms with Crippen molar-refractivity contribution in [1.29, 1.82) is 0 Å². The first-order valence-electron chi connectivity index (χ1n) is 8.31. The van der Waals surface area contributed by atoms with Gasteiger partial charge >= 0.3 is 0 Å². The molecule has 21 heavy (non-hydrogen) atoms. The lowest BCUT2D eigenvalue weighted by atomic mass is 10.1. The summed E-state index contributed by atoms with van der Waals surface area (Å²) in [6, 6.07) is 9.18. The number of methoxy groups -OCH3 is 1. The van der Waals surface area contributed by atoms with Crippen LogP contribution >= 0.6 is 0 Å². The molecule has 1 aromatic rings. The highest BCUT2D eigenvalue weighted by Gasteiger charge is 2.40. The summed E-state index contributed by atoms with van der Waals surface area (Å²) >= 11 is 0. The average molecular weight is 288 g/mol. The molecule has 3 rings (SSSR count). The van der Waals surface area contributed by atoms with Crippen molar-refractivity contribution in [2.45, 2.75) is 38.3 Å². The number of benzene rings is 1. The fraction of sp³-hybridized carbons (Fsp3) is 0.667. The Labute approximate surface area is 128 Å². The molecule has 1 N–H and O–H groups in total. The van der Waals surface area contributed by atoms with Crippen LogP contribution in [0.2, 0.25) is 0 Å². The van der Waals surface area contributed by atoms with Crippen LogP contribution in [0.3, 0.4) is 0 Å². The van der Waals surface area contributed by atoms with Gasteiger partial charge in [0.2, 0.25) is 0 Å². The Morgan fingerprint density at radius 1 is 1.24 bits per heavy atom. The highest BCUT2D eigenvalue weighted by atomic mass is 16.5. The molecular formula is C18H28N2O. The molecule has 0 heterocycles. The molecule has 2 aliphatic rings. The minimum atomic E-state index is 0.815. The predicted octanol–water partition coefficient (Wildman–Crippen LogP) is 2.91. The van der Waals surface area contributed by atoms with Crippen LogP contribution in [-0.4, -0.2) is 38.2 Å². The molecule has 2 saturated carbocycles. The third-order valence-corrected chi connectivity index (χ3v) is 4.72. The zero-order valence-electron chi connectivity index (χ0n) is 13.3. The van der Waals surface area contributed by atoms with Crippen molar-refractivity contribution >= 4 is 0 Å². The number of nitrogens with one attached hydrogen (secondary N) is 1. The van der Waals surface area contributed by atoms with Crippen LogP contribution in [0.5, 0.6) is 5.75 Å². The van der Waals surface area contributed by atoms with E-state index in [2.05, 4.69) is 35.5 Å². The topological polar surface area (TPSA) is 24.5 Å². The van der Waals surface area contributed by atoms with Crippen LogP contribution in [-0.2, 0) is 6.54 Å². The number of rotatable bonds is 9. The summed E-state index contributed by atoms with van der Waals surface area (Å²) in [5.74, 6) is 2.92. The molecule has 0 saturated heterocycles. The minimum Gasteiger partial charge on any atom is -0.497 e. The fourth-order valence-corrected chi connectivity index (χ4v) is 3.21. The third-order valence-electron chi connectivity index (χ3n) is 4.72. The molecule has 3 heteroatoms. The largest absolute Gasteiger partial charge is 0.497 e. The van der Waals surface area contributed by atoms with Crippen LogP contribution in [0.1, 0.15) is 31.2 Å². The lowest BCUT2D eigenvalue weighted by Crippen LogP contribution is -2.38. The van der Waals surface area contributed by atoms with Crippen LogP contribution in [0.15, 0.2) is 24.3 Å². The van der Waals surface area contributed by atoms with E-state index in [0.29, 0.717) is 0 Å². The molecule has 0 aromatic heterocycles. The monoisotopic (exact) mass is 288 g/mol. The second-order valence-corrected chi connectivity index (χ2v) is 6.74. The number of hydrogen-bond donors (Lipinski definition) is 1. The van der Waals surface area contributed by atoms with Crippen molar-refractivity contribution < 1.29 is 4.74 Å². The number of likely N-dealkylation sites (N-methyl/N-ethyl adjacent to an activating group) is 1. The first-order valence-corrected chi connectivity index (χ1v) is 8.31. The molecule has 1 aromatic carbocycles. The van der Waals surface area contributed by atoms with E-state index in [1.54, 1.807) is 7.11 Å². The smallest absolute Gasteiger partial charge is 0.119 e. The molecule has 0 atom stereocenters. The highest BCUT2D eigenvalue weighted by molar-refractivity contribution is 5.28. The van der Waals surface area contributed by atoms with Gasteiger partial charge in [-0.2, -0.15) is 0 Å². The quantitative estimate of drug-likeness (QED) is 0.756. The lowest BCUT2D eigenvalue weighted by molar-refractivity contribution is 0.305. The zero-order valence-corrected chi connectivity index (χ0v) is 13.3. The maximum Gasteiger partial charge on any atom is 0.119 e. The van der Waals surface area contributed by atoms with E-state index in [9.17, 15) is 0 Å². The minimum absolute atomic E-state index is 0.815. The van der Waals surface area contributed by atoms with Gasteiger partial charge in [0, 0.05) is 25.7 Å². The van der Waals surface area contributed by atoms with Gasteiger partial charge in [-0.25, -0.2) is 0 Å². The van der Waals surface area contributed by atoms with Gasteiger partial charge in [-0.05, 0) is 62.3 Å². The Hall–Kier alpha value is -1.06. The second-order valence-electron chi connectivity index (χ2n) is 6.74. The van der Waals surface area contributed by atoms with Crippen molar-refractivity contribution in [3.8, 4) is 5.75 Å². The van der Waals surface area contributed by atoms with Crippen LogP contribution in [0.25, 0.3) is 0 Å². The van der Waals surface area contributed by atoms with Crippen molar-refractivity contribution in [2.24, 2.45) is 11.8 Å². The highest BCUT2D eigenvalue weighted by Crippen LogP contribution is 2.44. The van der Waals surface area contributed by atoms with E-state index in [1.165, 1.54) is 31.2 Å². The van der Waals surface area contributed by atoms with Gasteiger partial charge < -0.3 is 15.0 Å². The van der Waals surface area contributed by atoms with Crippen molar-refractivity contribution in [3.05, 3.63) is 29.8 Å². The molecule has 0 bridgehead atoms. The summed E-state index contributed by atoms with van der Waals surface area (Å²) in [7, 11) is 3.92. The van der Waals surface area contributed by atoms with Crippen molar-refractivity contribution in [2.75, 3.05) is 27.2 Å². The SMILES string of the molecule is COc1cccc(CN(C)CCNC(C2CC2)C2CC2)c1. The molecule has 0 aliphatic heterocycles. The van der Waals surface area contributed by atoms with Gasteiger partial charge in [0.05, 0.1) is 7.11 Å². The molecule has 2 fully saturated rings. The molecule has 0 radical (unpaired) electrons. The predicted molar refractivity (Wildman–Crippen MR) is 86.6 cm³/mol. The molecular weight excluding hydrogens is 260 g/mol. The van der Waals surface area contributed by atoms with Gasteiger partial charge in [0.15, 0.2) is 0 Å². The Kier molecular flexibility index (Phi) is 4.81. The first kappa shape index (κ1) is 14.9. The van der Waals surface area contributed by atoms with E-state index in [-0.39, 0.29) is 0 Å². The van der Waals surface area contributed by atoms with E-state index >= 15 is 0 Å². The molecule has 3 nitrogen and oxygen atoms in total. The standard InChI is InChI=1S/C18H28N2O/c1-20(13-14-4-3-5-17(12-14)21-2)11-10-19-18(15-6-7-15)16-8-9-16/h3-5,12,15-16,18-19H,6-11,13H2,1-2H3. The van der Waals surface area contributed by atoms with Crippen molar-refractivity contribution in [3.63, 3.8) is 0 Å². The summed E-state index contributed by atoms with van der Waals surface area (Å²) in [5, 5.41) is 3.82. The van der Waals surface area contributed by atoms with Gasteiger partial charge in [-0.15, -0.1) is 0 Å². The van der Waals surface area contributed by atoms with E-state index < -0.39 is 0 Å². The van der Waals surface area contributed by atoms with Crippen LogP contribution < -0.4 is 10.1 Å². The summed E-state index contributed by atoms with van der Waals surface area (Å²) in [6.07, 6.45) is 5.81. The number of hydrogen-bond acceptors (Lipinski definition) is 3. The molecule has 116 valence electrons. The Morgan fingerprint density at radius 2 is 1.95 bits per heavy atom. The van der Waals surface area contributed by atoms with Crippen molar-refractivity contribution in [1.82, 2.24) is 10.2 Å². The maximum atomic E-state index is 5.28. The molecule has 0 amide bonds. The van der Waals surface area contributed by atoms with Gasteiger partial charge in [-0.1, -0.05) is 12.1 Å². The first-order chi connectivity index (χ1) is 10.3.